The van der Waals surface area contributed by atoms with Crippen molar-refractivity contribution < 1.29 is 10.2 Å². The minimum absolute atomic E-state index is 0.0742. The van der Waals surface area contributed by atoms with Crippen LogP contribution in [-0.4, -0.2) is 10.2 Å². The fourth-order valence-electron chi connectivity index (χ4n) is 0.901. The number of hydrogen-bond acceptors (Lipinski definition) is 3. The highest BCUT2D eigenvalue weighted by Crippen LogP contribution is 2.18. The Labute approximate surface area is 70.5 Å². The van der Waals surface area contributed by atoms with E-state index in [1.807, 2.05) is 6.07 Å². The summed E-state index contributed by atoms with van der Waals surface area (Å²) in [6.07, 6.45) is -0.680. The molecule has 1 aromatic rings. The summed E-state index contributed by atoms with van der Waals surface area (Å²) in [5.41, 5.74) is 0.648. The van der Waals surface area contributed by atoms with Gasteiger partial charge in [-0.15, -0.1) is 0 Å². The predicted molar refractivity (Wildman–Crippen MR) is 43.3 cm³/mol. The molecule has 0 fully saturated rings. The Morgan fingerprint density at radius 3 is 2.42 bits per heavy atom. The SMILES string of the molecule is N#CCC(O)c1ccc(O)cc1. The number of phenolic OH excluding ortho intramolecular Hbond substituents is 1. The maximum absolute atomic E-state index is 9.31. The second-order valence-electron chi connectivity index (χ2n) is 2.47. The van der Waals surface area contributed by atoms with E-state index in [0.29, 0.717) is 5.56 Å². The van der Waals surface area contributed by atoms with Crippen molar-refractivity contribution in [3.63, 3.8) is 0 Å². The Morgan fingerprint density at radius 2 is 1.92 bits per heavy atom. The summed E-state index contributed by atoms with van der Waals surface area (Å²) in [6.45, 7) is 0. The van der Waals surface area contributed by atoms with Crippen LogP contribution in [0.4, 0.5) is 0 Å². The van der Waals surface area contributed by atoms with Crippen molar-refractivity contribution in [3.8, 4) is 11.8 Å². The summed E-state index contributed by atoms with van der Waals surface area (Å²) in [5, 5.41) is 26.5. The van der Waals surface area contributed by atoms with Gasteiger partial charge in [0.1, 0.15) is 5.75 Å². The van der Waals surface area contributed by atoms with Crippen molar-refractivity contribution >= 4 is 0 Å². The van der Waals surface area contributed by atoms with E-state index >= 15 is 0 Å². The second-order valence-corrected chi connectivity index (χ2v) is 2.47. The number of phenols is 1. The number of rotatable bonds is 2. The zero-order valence-corrected chi connectivity index (χ0v) is 6.44. The number of aromatic hydroxyl groups is 1. The van der Waals surface area contributed by atoms with Crippen LogP contribution < -0.4 is 0 Å². The monoisotopic (exact) mass is 163 g/mol. The van der Waals surface area contributed by atoms with Crippen molar-refractivity contribution in [2.24, 2.45) is 0 Å². The minimum Gasteiger partial charge on any atom is -0.508 e. The molecule has 1 unspecified atom stereocenters. The van der Waals surface area contributed by atoms with Gasteiger partial charge in [0.05, 0.1) is 18.6 Å². The van der Waals surface area contributed by atoms with E-state index in [1.54, 1.807) is 12.1 Å². The van der Waals surface area contributed by atoms with Crippen LogP contribution in [0.25, 0.3) is 0 Å². The molecule has 0 bridgehead atoms. The van der Waals surface area contributed by atoms with E-state index in [-0.39, 0.29) is 12.2 Å². The molecule has 3 heteroatoms. The second kappa shape index (κ2) is 3.74. The molecular weight excluding hydrogens is 154 g/mol. The first-order valence-electron chi connectivity index (χ1n) is 3.58. The van der Waals surface area contributed by atoms with Gasteiger partial charge in [0, 0.05) is 0 Å². The zero-order chi connectivity index (χ0) is 8.97. The van der Waals surface area contributed by atoms with Gasteiger partial charge in [-0.25, -0.2) is 0 Å². The van der Waals surface area contributed by atoms with Crippen molar-refractivity contribution in [1.29, 1.82) is 5.26 Å². The molecule has 0 aliphatic carbocycles. The summed E-state index contributed by atoms with van der Waals surface area (Å²) in [6, 6.07) is 8.02. The third kappa shape index (κ3) is 1.97. The quantitative estimate of drug-likeness (QED) is 0.691. The lowest BCUT2D eigenvalue weighted by Gasteiger charge is -2.05. The molecule has 0 amide bonds. The lowest BCUT2D eigenvalue weighted by molar-refractivity contribution is 0.183. The molecule has 3 nitrogen and oxygen atoms in total. The highest BCUT2D eigenvalue weighted by Gasteiger charge is 2.05. The Balaban J connectivity index is 2.76. The molecule has 0 aromatic heterocycles. The summed E-state index contributed by atoms with van der Waals surface area (Å²) in [7, 11) is 0. The molecule has 0 aliphatic heterocycles. The summed E-state index contributed by atoms with van der Waals surface area (Å²) >= 11 is 0. The first-order chi connectivity index (χ1) is 5.74. The molecular formula is C9H9NO2. The van der Waals surface area contributed by atoms with E-state index in [9.17, 15) is 5.11 Å². The molecule has 0 heterocycles. The van der Waals surface area contributed by atoms with Crippen LogP contribution in [0, 0.1) is 11.3 Å². The molecule has 1 rings (SSSR count). The highest BCUT2D eigenvalue weighted by atomic mass is 16.3. The number of aliphatic hydroxyl groups excluding tert-OH is 1. The molecule has 1 aromatic carbocycles. The van der Waals surface area contributed by atoms with Crippen LogP contribution >= 0.6 is 0 Å². The normalized spacial score (nSPS) is 12.0. The molecule has 1 atom stereocenters. The van der Waals surface area contributed by atoms with Gasteiger partial charge in [0.2, 0.25) is 0 Å². The van der Waals surface area contributed by atoms with Crippen LogP contribution in [0.15, 0.2) is 24.3 Å². The number of nitriles is 1. The molecule has 0 spiro atoms. The average Bonchev–Trinajstić information content (AvgIpc) is 2.06. The minimum atomic E-state index is -0.754. The van der Waals surface area contributed by atoms with E-state index in [1.165, 1.54) is 12.1 Å². The number of aliphatic hydroxyl groups is 1. The van der Waals surface area contributed by atoms with Crippen molar-refractivity contribution in [2.75, 3.05) is 0 Å². The summed E-state index contributed by atoms with van der Waals surface area (Å²) < 4.78 is 0. The molecule has 0 radical (unpaired) electrons. The maximum atomic E-state index is 9.31. The van der Waals surface area contributed by atoms with E-state index < -0.39 is 6.10 Å². The Morgan fingerprint density at radius 1 is 1.33 bits per heavy atom. The molecule has 12 heavy (non-hydrogen) atoms. The van der Waals surface area contributed by atoms with Crippen LogP contribution in [0.3, 0.4) is 0 Å². The van der Waals surface area contributed by atoms with E-state index in [2.05, 4.69) is 0 Å². The van der Waals surface area contributed by atoms with Gasteiger partial charge < -0.3 is 10.2 Å². The first-order valence-corrected chi connectivity index (χ1v) is 3.58. The molecule has 0 aliphatic rings. The fraction of sp³-hybridized carbons (Fsp3) is 0.222. The van der Waals surface area contributed by atoms with Gasteiger partial charge >= 0.3 is 0 Å². The molecule has 0 saturated carbocycles. The fourth-order valence-corrected chi connectivity index (χ4v) is 0.901. The summed E-state index contributed by atoms with van der Waals surface area (Å²) in [5.74, 6) is 0.155. The Hall–Kier alpha value is -1.53. The van der Waals surface area contributed by atoms with Crippen LogP contribution in [0.5, 0.6) is 5.75 Å². The Bertz CT molecular complexity index is 286. The Kier molecular flexibility index (Phi) is 2.67. The number of nitrogens with zero attached hydrogens (tertiary/aromatic N) is 1. The van der Waals surface area contributed by atoms with Crippen LogP contribution in [0.1, 0.15) is 18.1 Å². The van der Waals surface area contributed by atoms with Gasteiger partial charge in [0.15, 0.2) is 0 Å². The molecule has 2 N–H and O–H groups in total. The largest absolute Gasteiger partial charge is 0.508 e. The lowest BCUT2D eigenvalue weighted by atomic mass is 10.1. The van der Waals surface area contributed by atoms with Crippen molar-refractivity contribution in [2.45, 2.75) is 12.5 Å². The van der Waals surface area contributed by atoms with Crippen molar-refractivity contribution in [3.05, 3.63) is 29.8 Å². The third-order valence-corrected chi connectivity index (χ3v) is 1.56. The predicted octanol–water partition coefficient (Wildman–Crippen LogP) is 1.34. The molecule has 62 valence electrons. The standard InChI is InChI=1S/C9H9NO2/c10-6-5-9(12)7-1-3-8(11)4-2-7/h1-4,9,11-12H,5H2. The van der Waals surface area contributed by atoms with Crippen LogP contribution in [-0.2, 0) is 0 Å². The summed E-state index contributed by atoms with van der Waals surface area (Å²) in [4.78, 5) is 0. The smallest absolute Gasteiger partial charge is 0.115 e. The van der Waals surface area contributed by atoms with Gasteiger partial charge in [0.25, 0.3) is 0 Å². The zero-order valence-electron chi connectivity index (χ0n) is 6.44. The van der Waals surface area contributed by atoms with Gasteiger partial charge in [-0.05, 0) is 17.7 Å². The third-order valence-electron chi connectivity index (χ3n) is 1.56. The number of benzene rings is 1. The first kappa shape index (κ1) is 8.57. The van der Waals surface area contributed by atoms with E-state index in [4.69, 9.17) is 10.4 Å². The van der Waals surface area contributed by atoms with Gasteiger partial charge in [-0.3, -0.25) is 0 Å². The lowest BCUT2D eigenvalue weighted by Crippen LogP contribution is -1.94. The maximum Gasteiger partial charge on any atom is 0.115 e. The van der Waals surface area contributed by atoms with Crippen LogP contribution in [0.2, 0.25) is 0 Å². The number of hydrogen-bond donors (Lipinski definition) is 2. The van der Waals surface area contributed by atoms with E-state index in [0.717, 1.165) is 0 Å². The molecule has 0 saturated heterocycles. The van der Waals surface area contributed by atoms with Crippen molar-refractivity contribution in [1.82, 2.24) is 0 Å². The highest BCUT2D eigenvalue weighted by molar-refractivity contribution is 5.27. The van der Waals surface area contributed by atoms with Gasteiger partial charge in [-0.2, -0.15) is 5.26 Å². The topological polar surface area (TPSA) is 64.2 Å². The van der Waals surface area contributed by atoms with Gasteiger partial charge in [-0.1, -0.05) is 12.1 Å². The average molecular weight is 163 g/mol.